The molecule has 2 atom stereocenters. The number of ether oxygens (including phenoxy) is 3. The van der Waals surface area contributed by atoms with E-state index in [1.165, 1.54) is 6.20 Å². The van der Waals surface area contributed by atoms with Gasteiger partial charge in [0.25, 0.3) is 0 Å². The van der Waals surface area contributed by atoms with E-state index in [2.05, 4.69) is 21.3 Å². The summed E-state index contributed by atoms with van der Waals surface area (Å²) in [5.41, 5.74) is 5.41. The van der Waals surface area contributed by atoms with Crippen molar-refractivity contribution in [3.8, 4) is 34.4 Å². The van der Waals surface area contributed by atoms with Gasteiger partial charge < -0.3 is 39.5 Å². The van der Waals surface area contributed by atoms with Crippen molar-refractivity contribution in [1.29, 1.82) is 5.26 Å². The number of nitrogens with one attached hydrogen (secondary N) is 1. The number of hydrogen-bond acceptors (Lipinski definition) is 11. The zero-order valence-electron chi connectivity index (χ0n) is 30.8. The number of pyridine rings is 1. The fraction of sp³-hybridized carbons (Fsp3) is 0.366. The summed E-state index contributed by atoms with van der Waals surface area (Å²) in [6.45, 7) is 5.43. The van der Waals surface area contributed by atoms with Gasteiger partial charge in [-0.2, -0.15) is 5.26 Å². The van der Waals surface area contributed by atoms with E-state index in [4.69, 9.17) is 25.8 Å². The Morgan fingerprint density at radius 3 is 2.40 bits per heavy atom. The van der Waals surface area contributed by atoms with Gasteiger partial charge >= 0.3 is 11.9 Å². The van der Waals surface area contributed by atoms with Gasteiger partial charge in [-0.1, -0.05) is 41.9 Å². The Labute approximate surface area is 324 Å². The van der Waals surface area contributed by atoms with Gasteiger partial charge in [0.15, 0.2) is 0 Å². The number of aliphatic carboxylic acids is 2. The van der Waals surface area contributed by atoms with Crippen LogP contribution in [-0.2, 0) is 29.3 Å². The summed E-state index contributed by atoms with van der Waals surface area (Å²) in [6.07, 6.45) is 4.17. The van der Waals surface area contributed by atoms with Crippen LogP contribution >= 0.6 is 11.6 Å². The second-order valence-electron chi connectivity index (χ2n) is 13.6. The van der Waals surface area contributed by atoms with Gasteiger partial charge in [0.05, 0.1) is 30.4 Å². The summed E-state index contributed by atoms with van der Waals surface area (Å²) < 4.78 is 18.6. The number of carboxylic acid groups (broad SMARTS) is 2. The minimum absolute atomic E-state index is 0.0309. The average Bonchev–Trinajstić information content (AvgIpc) is 3.62. The molecule has 0 spiro atoms. The summed E-state index contributed by atoms with van der Waals surface area (Å²) in [7, 11) is 0. The first kappa shape index (κ1) is 40.9. The van der Waals surface area contributed by atoms with Crippen molar-refractivity contribution < 1.29 is 44.2 Å². The highest BCUT2D eigenvalue weighted by atomic mass is 35.5. The number of nitrogens with zero attached hydrogens (tertiary/aromatic N) is 3. The second kappa shape index (κ2) is 18.9. The largest absolute Gasteiger partial charge is 0.493 e. The molecule has 0 bridgehead atoms. The average molecular weight is 773 g/mol. The summed E-state index contributed by atoms with van der Waals surface area (Å²) in [4.78, 5) is 29.3. The van der Waals surface area contributed by atoms with Crippen molar-refractivity contribution in [3.63, 3.8) is 0 Å². The Morgan fingerprint density at radius 1 is 0.964 bits per heavy atom. The standard InChI is InChI=1S/C41H45ClN4O9/c1-26-30(6-3-7-32(26)33-8-4-9-36(27(33)2)53-13-5-11-46-12-10-41(24-46,25-48)40(51)52)23-55-38-16-37(54-22-29-14-28(17-43)18-44-19-29)31(15-34(38)42)20-45-35(21-47)39(49)50/h3-4,6-9,14-16,18-19,35,45,47-48H,5,10-13,20-25H2,1-2H3,(H,49,50)(H,51,52). The number of nitriles is 1. The number of aliphatic hydroxyl groups excluding tert-OH is 2. The lowest BCUT2D eigenvalue weighted by Crippen LogP contribution is -2.39. The SMILES string of the molecule is Cc1c(COc2cc(OCc3cncc(C#N)c3)c(CNC(CO)C(=O)O)cc2Cl)cccc1-c1cccc(OCCCN2CCC(CO)(C(=O)O)C2)c1C. The number of benzene rings is 3. The van der Waals surface area contributed by atoms with Crippen LogP contribution in [0.25, 0.3) is 11.1 Å². The third kappa shape index (κ3) is 10.1. The molecule has 1 aliphatic rings. The number of rotatable bonds is 19. The lowest BCUT2D eigenvalue weighted by molar-refractivity contribution is -0.150. The molecule has 4 aromatic rings. The molecule has 55 heavy (non-hydrogen) atoms. The van der Waals surface area contributed by atoms with Gasteiger partial charge in [0.1, 0.15) is 48.0 Å². The first-order valence-electron chi connectivity index (χ1n) is 17.9. The zero-order valence-corrected chi connectivity index (χ0v) is 31.5. The molecule has 0 amide bonds. The van der Waals surface area contributed by atoms with E-state index < -0.39 is 30.0 Å². The number of halogens is 1. The van der Waals surface area contributed by atoms with Crippen LogP contribution < -0.4 is 19.5 Å². The smallest absolute Gasteiger partial charge is 0.323 e. The van der Waals surface area contributed by atoms with E-state index in [-0.39, 0.29) is 31.4 Å². The van der Waals surface area contributed by atoms with Crippen molar-refractivity contribution >= 4 is 23.5 Å². The van der Waals surface area contributed by atoms with Gasteiger partial charge in [-0.15, -0.1) is 0 Å². The molecule has 2 unspecified atom stereocenters. The molecule has 3 aromatic carbocycles. The molecule has 1 saturated heterocycles. The summed E-state index contributed by atoms with van der Waals surface area (Å²) in [6, 6.07) is 17.7. The van der Waals surface area contributed by atoms with E-state index in [1.54, 1.807) is 24.4 Å². The van der Waals surface area contributed by atoms with Crippen LogP contribution in [0.5, 0.6) is 17.2 Å². The number of hydrogen-bond donors (Lipinski definition) is 5. The molecule has 5 rings (SSSR count). The number of carboxylic acids is 2. The number of likely N-dealkylation sites (tertiary alicyclic amines) is 1. The number of aliphatic hydroxyl groups is 2. The topological polar surface area (TPSA) is 195 Å². The number of aromatic nitrogens is 1. The molecular weight excluding hydrogens is 728 g/mol. The Balaban J connectivity index is 1.28. The van der Waals surface area contributed by atoms with E-state index >= 15 is 0 Å². The predicted molar refractivity (Wildman–Crippen MR) is 204 cm³/mol. The second-order valence-corrected chi connectivity index (χ2v) is 14.0. The van der Waals surface area contributed by atoms with Gasteiger partial charge in [0.2, 0.25) is 0 Å². The monoisotopic (exact) mass is 772 g/mol. The summed E-state index contributed by atoms with van der Waals surface area (Å²) in [5.74, 6) is -0.689. The first-order valence-corrected chi connectivity index (χ1v) is 18.2. The third-order valence-corrected chi connectivity index (χ3v) is 10.2. The van der Waals surface area contributed by atoms with E-state index in [1.807, 2.05) is 50.2 Å². The molecule has 290 valence electrons. The minimum atomic E-state index is -1.20. The van der Waals surface area contributed by atoms with Crippen molar-refractivity contribution in [2.75, 3.05) is 39.5 Å². The maximum Gasteiger partial charge on any atom is 0.323 e. The molecule has 1 aromatic heterocycles. The van der Waals surface area contributed by atoms with E-state index in [0.29, 0.717) is 67.3 Å². The molecule has 5 N–H and O–H groups in total. The maximum atomic E-state index is 11.7. The quantitative estimate of drug-likeness (QED) is 0.0789. The highest BCUT2D eigenvalue weighted by Gasteiger charge is 2.44. The van der Waals surface area contributed by atoms with E-state index in [9.17, 15) is 35.3 Å². The Hall–Kier alpha value is -5.23. The van der Waals surface area contributed by atoms with Crippen molar-refractivity contribution in [3.05, 3.63) is 105 Å². The molecule has 1 aliphatic heterocycles. The molecule has 0 saturated carbocycles. The van der Waals surface area contributed by atoms with Crippen LogP contribution in [-0.4, -0.2) is 87.7 Å². The molecular formula is C41H45ClN4O9. The van der Waals surface area contributed by atoms with Gasteiger partial charge in [-0.05, 0) is 79.3 Å². The molecule has 0 aliphatic carbocycles. The Kier molecular flexibility index (Phi) is 14.1. The van der Waals surface area contributed by atoms with Crippen LogP contribution in [0.3, 0.4) is 0 Å². The summed E-state index contributed by atoms with van der Waals surface area (Å²) in [5, 5.41) is 50.4. The maximum absolute atomic E-state index is 11.7. The highest BCUT2D eigenvalue weighted by molar-refractivity contribution is 6.32. The van der Waals surface area contributed by atoms with Gasteiger partial charge in [-0.25, -0.2) is 0 Å². The molecule has 14 heteroatoms. The normalized spacial score (nSPS) is 16.0. The molecule has 0 radical (unpaired) electrons. The minimum Gasteiger partial charge on any atom is -0.493 e. The van der Waals surface area contributed by atoms with Crippen LogP contribution in [0.2, 0.25) is 5.02 Å². The van der Waals surface area contributed by atoms with Gasteiger partial charge in [-0.3, -0.25) is 19.9 Å². The first-order chi connectivity index (χ1) is 26.5. The van der Waals surface area contributed by atoms with Crippen LogP contribution in [0.1, 0.15) is 46.2 Å². The Bertz CT molecular complexity index is 2040. The van der Waals surface area contributed by atoms with Crippen LogP contribution in [0.4, 0.5) is 0 Å². The van der Waals surface area contributed by atoms with Crippen LogP contribution in [0, 0.1) is 30.6 Å². The van der Waals surface area contributed by atoms with Crippen molar-refractivity contribution in [2.24, 2.45) is 5.41 Å². The highest BCUT2D eigenvalue weighted by Crippen LogP contribution is 2.37. The fourth-order valence-electron chi connectivity index (χ4n) is 6.55. The van der Waals surface area contributed by atoms with E-state index in [0.717, 1.165) is 33.6 Å². The van der Waals surface area contributed by atoms with Crippen LogP contribution in [0.15, 0.2) is 67.0 Å². The summed E-state index contributed by atoms with van der Waals surface area (Å²) >= 11 is 6.69. The third-order valence-electron chi connectivity index (χ3n) is 9.92. The lowest BCUT2D eigenvalue weighted by atomic mass is 9.88. The van der Waals surface area contributed by atoms with Crippen molar-refractivity contribution in [2.45, 2.75) is 52.5 Å². The number of carbonyl (C=O) groups is 2. The predicted octanol–water partition coefficient (Wildman–Crippen LogP) is 5.12. The van der Waals surface area contributed by atoms with Crippen molar-refractivity contribution in [1.82, 2.24) is 15.2 Å². The van der Waals surface area contributed by atoms with Gasteiger partial charge in [0, 0.05) is 49.2 Å². The zero-order chi connectivity index (χ0) is 39.5. The molecule has 2 heterocycles. The molecule has 1 fully saturated rings. The lowest BCUT2D eigenvalue weighted by Gasteiger charge is -2.22. The fourth-order valence-corrected chi connectivity index (χ4v) is 6.79. The Morgan fingerprint density at radius 2 is 1.71 bits per heavy atom. The molecule has 13 nitrogen and oxygen atoms in total.